The second-order valence-corrected chi connectivity index (χ2v) is 6.23. The molecule has 1 spiro atoms. The Bertz CT molecular complexity index is 493. The third-order valence-electron chi connectivity index (χ3n) is 3.45. The number of benzene rings is 1. The van der Waals surface area contributed by atoms with Gasteiger partial charge in [-0.25, -0.2) is 0 Å². The van der Waals surface area contributed by atoms with Crippen LogP contribution in [0.25, 0.3) is 0 Å². The van der Waals surface area contributed by atoms with E-state index in [1.165, 1.54) is 11.1 Å². The lowest BCUT2D eigenvalue weighted by atomic mass is 10.1. The molecule has 3 rings (SSSR count). The van der Waals surface area contributed by atoms with Gasteiger partial charge in [-0.2, -0.15) is 0 Å². The van der Waals surface area contributed by atoms with Crippen molar-refractivity contribution in [3.63, 3.8) is 0 Å². The molecule has 1 saturated heterocycles. The Hall–Kier alpha value is -0.710. The number of nitrogens with one attached hydrogen (secondary N) is 1. The van der Waals surface area contributed by atoms with Gasteiger partial charge in [0.2, 0.25) is 0 Å². The van der Waals surface area contributed by atoms with Crippen molar-refractivity contribution >= 4 is 29.3 Å². The molecule has 0 radical (unpaired) electrons. The van der Waals surface area contributed by atoms with Crippen LogP contribution >= 0.6 is 23.4 Å². The Balaban J connectivity index is 1.96. The molecule has 3 nitrogen and oxygen atoms in total. The summed E-state index contributed by atoms with van der Waals surface area (Å²) in [6.45, 7) is 0. The molecule has 0 saturated carbocycles. The molecule has 0 amide bonds. The van der Waals surface area contributed by atoms with E-state index in [0.717, 1.165) is 17.9 Å². The van der Waals surface area contributed by atoms with E-state index in [-0.39, 0.29) is 4.87 Å². The van der Waals surface area contributed by atoms with Gasteiger partial charge >= 0.3 is 5.97 Å². The first-order valence-electron chi connectivity index (χ1n) is 5.54. The summed E-state index contributed by atoms with van der Waals surface area (Å²) in [4.78, 5) is 10.8. The number of carboxylic acids is 1. The van der Waals surface area contributed by atoms with Gasteiger partial charge in [0, 0.05) is 10.8 Å². The minimum atomic E-state index is -0.767. The number of rotatable bonds is 1. The standard InChI is InChI=1S/C12H12ClNO2S/c13-8-1-2-9-7(5-8)3-4-12(9)14-10(6-17-12)11(15)16/h1-2,5,10,14H,3-4,6H2,(H,15,16)/t10-,12?/m0/s1. The largest absolute Gasteiger partial charge is 0.480 e. The highest BCUT2D eigenvalue weighted by molar-refractivity contribution is 8.00. The van der Waals surface area contributed by atoms with Gasteiger partial charge in [-0.05, 0) is 36.1 Å². The number of fused-ring (bicyclic) bond motifs is 2. The molecule has 0 bridgehead atoms. The van der Waals surface area contributed by atoms with Crippen LogP contribution in [0.3, 0.4) is 0 Å². The molecule has 1 heterocycles. The highest BCUT2D eigenvalue weighted by Crippen LogP contribution is 2.49. The van der Waals surface area contributed by atoms with Crippen LogP contribution in [0, 0.1) is 0 Å². The smallest absolute Gasteiger partial charge is 0.321 e. The van der Waals surface area contributed by atoms with Gasteiger partial charge in [0.25, 0.3) is 0 Å². The van der Waals surface area contributed by atoms with Gasteiger partial charge in [-0.1, -0.05) is 17.7 Å². The van der Waals surface area contributed by atoms with Gasteiger partial charge in [0.05, 0.1) is 4.87 Å². The molecule has 1 fully saturated rings. The van der Waals surface area contributed by atoms with Crippen molar-refractivity contribution < 1.29 is 9.90 Å². The zero-order valence-electron chi connectivity index (χ0n) is 9.07. The molecule has 90 valence electrons. The van der Waals surface area contributed by atoms with Crippen LogP contribution in [0.15, 0.2) is 18.2 Å². The predicted molar refractivity (Wildman–Crippen MR) is 68.5 cm³/mol. The molecule has 5 heteroatoms. The maximum atomic E-state index is 11.0. The van der Waals surface area contributed by atoms with E-state index in [9.17, 15) is 4.79 Å². The molecule has 0 aromatic heterocycles. The summed E-state index contributed by atoms with van der Waals surface area (Å²) in [5.74, 6) is -0.144. The second-order valence-electron chi connectivity index (χ2n) is 4.47. The summed E-state index contributed by atoms with van der Waals surface area (Å²) >= 11 is 7.68. The predicted octanol–water partition coefficient (Wildman–Crippen LogP) is 2.23. The van der Waals surface area contributed by atoms with Crippen molar-refractivity contribution in [1.29, 1.82) is 0 Å². The van der Waals surface area contributed by atoms with E-state index >= 15 is 0 Å². The van der Waals surface area contributed by atoms with Crippen LogP contribution in [0.4, 0.5) is 0 Å². The van der Waals surface area contributed by atoms with Crippen molar-refractivity contribution in [3.8, 4) is 0 Å². The van der Waals surface area contributed by atoms with Crippen molar-refractivity contribution in [2.45, 2.75) is 23.8 Å². The van der Waals surface area contributed by atoms with Crippen LogP contribution in [0.2, 0.25) is 5.02 Å². The normalized spacial score (nSPS) is 30.8. The second kappa shape index (κ2) is 3.90. The zero-order valence-corrected chi connectivity index (χ0v) is 10.6. The lowest BCUT2D eigenvalue weighted by Gasteiger charge is -2.24. The first kappa shape index (κ1) is 11.4. The third kappa shape index (κ3) is 1.75. The van der Waals surface area contributed by atoms with Crippen LogP contribution in [-0.2, 0) is 16.1 Å². The Morgan fingerprint density at radius 1 is 1.59 bits per heavy atom. The van der Waals surface area contributed by atoms with Gasteiger partial charge in [-0.15, -0.1) is 11.8 Å². The van der Waals surface area contributed by atoms with Crippen LogP contribution < -0.4 is 5.32 Å². The molecule has 1 aromatic rings. The van der Waals surface area contributed by atoms with E-state index in [1.54, 1.807) is 11.8 Å². The summed E-state index contributed by atoms with van der Waals surface area (Å²) in [5, 5.41) is 13.1. The minimum Gasteiger partial charge on any atom is -0.480 e. The number of thioether (sulfide) groups is 1. The molecule has 1 unspecified atom stereocenters. The molecule has 2 N–H and O–H groups in total. The first-order chi connectivity index (χ1) is 8.11. The minimum absolute atomic E-state index is 0.205. The van der Waals surface area contributed by atoms with Crippen LogP contribution in [0.5, 0.6) is 0 Å². The number of carboxylic acid groups (broad SMARTS) is 1. The topological polar surface area (TPSA) is 49.3 Å². The van der Waals surface area contributed by atoms with Crippen molar-refractivity contribution in [2.75, 3.05) is 5.75 Å². The molecular formula is C12H12ClNO2S. The number of hydrogen-bond donors (Lipinski definition) is 2. The van der Waals surface area contributed by atoms with Crippen molar-refractivity contribution in [1.82, 2.24) is 5.32 Å². The molecule has 2 atom stereocenters. The Labute approximate surface area is 109 Å². The maximum Gasteiger partial charge on any atom is 0.321 e. The van der Waals surface area contributed by atoms with Crippen LogP contribution in [-0.4, -0.2) is 22.9 Å². The van der Waals surface area contributed by atoms with Crippen molar-refractivity contribution in [3.05, 3.63) is 34.3 Å². The fourth-order valence-corrected chi connectivity index (χ4v) is 4.33. The van der Waals surface area contributed by atoms with Gasteiger partial charge in [-0.3, -0.25) is 10.1 Å². The van der Waals surface area contributed by atoms with Crippen LogP contribution in [0.1, 0.15) is 17.5 Å². The first-order valence-corrected chi connectivity index (χ1v) is 6.90. The van der Waals surface area contributed by atoms with E-state index in [1.807, 2.05) is 18.2 Å². The van der Waals surface area contributed by atoms with Gasteiger partial charge < -0.3 is 5.11 Å². The molecule has 1 aliphatic carbocycles. The van der Waals surface area contributed by atoms with E-state index in [0.29, 0.717) is 5.75 Å². The number of aryl methyl sites for hydroxylation is 1. The number of halogens is 1. The lowest BCUT2D eigenvalue weighted by Crippen LogP contribution is -2.42. The summed E-state index contributed by atoms with van der Waals surface area (Å²) in [7, 11) is 0. The summed E-state index contributed by atoms with van der Waals surface area (Å²) in [6.07, 6.45) is 1.90. The summed E-state index contributed by atoms with van der Waals surface area (Å²) < 4.78 is 0. The average molecular weight is 270 g/mol. The molecule has 1 aromatic carbocycles. The Kier molecular flexibility index (Phi) is 2.61. The summed E-state index contributed by atoms with van der Waals surface area (Å²) in [5.41, 5.74) is 2.44. The molecular weight excluding hydrogens is 258 g/mol. The molecule has 1 aliphatic heterocycles. The number of hydrogen-bond acceptors (Lipinski definition) is 3. The quantitative estimate of drug-likeness (QED) is 0.821. The van der Waals surface area contributed by atoms with E-state index in [2.05, 4.69) is 5.32 Å². The fraction of sp³-hybridized carbons (Fsp3) is 0.417. The number of carbonyl (C=O) groups is 1. The highest BCUT2D eigenvalue weighted by Gasteiger charge is 2.47. The fourth-order valence-electron chi connectivity index (χ4n) is 2.63. The van der Waals surface area contributed by atoms with E-state index in [4.69, 9.17) is 16.7 Å². The van der Waals surface area contributed by atoms with Crippen molar-refractivity contribution in [2.24, 2.45) is 0 Å². The highest BCUT2D eigenvalue weighted by atomic mass is 35.5. The number of aliphatic carboxylic acids is 1. The maximum absolute atomic E-state index is 11.0. The lowest BCUT2D eigenvalue weighted by molar-refractivity contribution is -0.138. The zero-order chi connectivity index (χ0) is 12.0. The van der Waals surface area contributed by atoms with Gasteiger partial charge in [0.1, 0.15) is 6.04 Å². The Morgan fingerprint density at radius 2 is 2.41 bits per heavy atom. The summed E-state index contributed by atoms with van der Waals surface area (Å²) in [6, 6.07) is 5.45. The van der Waals surface area contributed by atoms with E-state index < -0.39 is 12.0 Å². The van der Waals surface area contributed by atoms with Gasteiger partial charge in [0.15, 0.2) is 0 Å². The monoisotopic (exact) mass is 269 g/mol. The average Bonchev–Trinajstić information content (AvgIpc) is 2.86. The third-order valence-corrected chi connectivity index (χ3v) is 5.22. The Morgan fingerprint density at radius 3 is 3.12 bits per heavy atom. The molecule has 2 aliphatic rings. The molecule has 17 heavy (non-hydrogen) atoms. The SMILES string of the molecule is O=C(O)[C@@H]1CSC2(CCc3cc(Cl)ccc32)N1.